The smallest absolute Gasteiger partial charge is 0.191 e. The van der Waals surface area contributed by atoms with Gasteiger partial charge < -0.3 is 34.3 Å². The lowest BCUT2D eigenvalue weighted by atomic mass is 10.1. The van der Waals surface area contributed by atoms with Crippen molar-refractivity contribution in [2.24, 2.45) is 4.99 Å². The summed E-state index contributed by atoms with van der Waals surface area (Å²) in [5.74, 6) is 4.29. The Kier molecular flexibility index (Phi) is 13.2. The zero-order chi connectivity index (χ0) is 23.3. The summed E-state index contributed by atoms with van der Waals surface area (Å²) in [5, 5.41) is 6.66. The summed E-state index contributed by atoms with van der Waals surface area (Å²) in [5.41, 5.74) is 2.09. The van der Waals surface area contributed by atoms with Gasteiger partial charge in [-0.3, -0.25) is 4.99 Å². The molecule has 8 nitrogen and oxygen atoms in total. The van der Waals surface area contributed by atoms with Gasteiger partial charge in [0, 0.05) is 25.7 Å². The molecule has 2 rings (SSSR count). The lowest BCUT2D eigenvalue weighted by Gasteiger charge is -2.17. The van der Waals surface area contributed by atoms with Crippen LogP contribution in [0, 0.1) is 0 Å². The van der Waals surface area contributed by atoms with Gasteiger partial charge in [-0.15, -0.1) is 24.0 Å². The molecule has 0 radical (unpaired) electrons. The van der Waals surface area contributed by atoms with Crippen LogP contribution in [0.4, 0.5) is 0 Å². The maximum Gasteiger partial charge on any atom is 0.191 e. The van der Waals surface area contributed by atoms with Crippen LogP contribution in [0.3, 0.4) is 0 Å². The number of hydrogen-bond acceptors (Lipinski definition) is 6. The van der Waals surface area contributed by atoms with Gasteiger partial charge in [0.2, 0.25) is 0 Å². The number of rotatable bonds is 12. The van der Waals surface area contributed by atoms with E-state index in [1.54, 1.807) is 35.5 Å². The van der Waals surface area contributed by atoms with Gasteiger partial charge in [0.15, 0.2) is 17.5 Å². The molecule has 0 fully saturated rings. The summed E-state index contributed by atoms with van der Waals surface area (Å²) in [7, 11) is 8.26. The van der Waals surface area contributed by atoms with Gasteiger partial charge in [0.25, 0.3) is 0 Å². The fourth-order valence-corrected chi connectivity index (χ4v) is 3.29. The molecule has 2 aromatic rings. The number of nitrogens with one attached hydrogen (secondary N) is 2. The van der Waals surface area contributed by atoms with Crippen molar-refractivity contribution in [3.05, 3.63) is 41.5 Å². The van der Waals surface area contributed by atoms with Crippen LogP contribution in [0.2, 0.25) is 0 Å². The topological polar surface area (TPSA) is 82.6 Å². The summed E-state index contributed by atoms with van der Waals surface area (Å²) in [4.78, 5) is 4.31. The van der Waals surface area contributed by atoms with Crippen LogP contribution in [0.25, 0.3) is 0 Å². The molecule has 2 aromatic carbocycles. The predicted molar refractivity (Wildman–Crippen MR) is 142 cm³/mol. The molecule has 0 heterocycles. The molecular weight excluding hydrogens is 537 g/mol. The lowest BCUT2D eigenvalue weighted by Crippen LogP contribution is -2.37. The highest BCUT2D eigenvalue weighted by Gasteiger charge is 2.14. The van der Waals surface area contributed by atoms with E-state index in [1.165, 1.54) is 5.56 Å². The van der Waals surface area contributed by atoms with Gasteiger partial charge in [-0.2, -0.15) is 0 Å². The maximum absolute atomic E-state index is 5.66. The van der Waals surface area contributed by atoms with Gasteiger partial charge in [-0.25, -0.2) is 0 Å². The van der Waals surface area contributed by atoms with Crippen LogP contribution in [0.15, 0.2) is 35.3 Å². The number of ether oxygens (including phenoxy) is 5. The minimum absolute atomic E-state index is 0. The minimum atomic E-state index is 0. The highest BCUT2D eigenvalue weighted by molar-refractivity contribution is 14.0. The average Bonchev–Trinajstić information content (AvgIpc) is 2.83. The van der Waals surface area contributed by atoms with E-state index in [4.69, 9.17) is 23.7 Å². The third-order valence-corrected chi connectivity index (χ3v) is 4.94. The second kappa shape index (κ2) is 15.3. The van der Waals surface area contributed by atoms with Gasteiger partial charge in [0.05, 0.1) is 47.2 Å². The molecule has 0 amide bonds. The first-order valence-corrected chi connectivity index (χ1v) is 10.6. The zero-order valence-corrected chi connectivity index (χ0v) is 22.6. The van der Waals surface area contributed by atoms with Crippen molar-refractivity contribution in [1.29, 1.82) is 0 Å². The zero-order valence-electron chi connectivity index (χ0n) is 20.3. The molecule has 0 saturated heterocycles. The quantitative estimate of drug-likeness (QED) is 0.172. The summed E-state index contributed by atoms with van der Waals surface area (Å²) in [6.07, 6.45) is 1.85. The number of nitrogens with zero attached hydrogens (tertiary/aromatic N) is 1. The summed E-state index contributed by atoms with van der Waals surface area (Å²) in [6, 6.07) is 9.72. The van der Waals surface area contributed by atoms with E-state index in [0.29, 0.717) is 36.4 Å². The molecular formula is C24H36IN3O5. The number of hydrogen-bond donors (Lipinski definition) is 2. The first-order chi connectivity index (χ1) is 15.6. The van der Waals surface area contributed by atoms with E-state index in [2.05, 4.69) is 21.7 Å². The van der Waals surface area contributed by atoms with Crippen molar-refractivity contribution in [2.75, 3.05) is 48.6 Å². The van der Waals surface area contributed by atoms with Crippen LogP contribution in [-0.4, -0.2) is 54.6 Å². The molecule has 0 aliphatic carbocycles. The normalized spacial score (nSPS) is 10.7. The molecule has 9 heteroatoms. The Hall–Kier alpha value is -2.56. The SMILES string of the molecule is CCOc1cc(CCCNC(=NC)NCc2c(OC)cc(OC)cc2OC)ccc1OC.I. The molecule has 0 aliphatic heterocycles. The molecule has 0 aliphatic rings. The third-order valence-electron chi connectivity index (χ3n) is 4.94. The number of aliphatic imine (C=N–C) groups is 1. The van der Waals surface area contributed by atoms with Crippen LogP contribution >= 0.6 is 24.0 Å². The van der Waals surface area contributed by atoms with Gasteiger partial charge in [-0.1, -0.05) is 6.07 Å². The average molecular weight is 573 g/mol. The van der Waals surface area contributed by atoms with Crippen molar-refractivity contribution in [2.45, 2.75) is 26.3 Å². The van der Waals surface area contributed by atoms with E-state index in [-0.39, 0.29) is 24.0 Å². The Balaban J connectivity index is 0.00000544. The van der Waals surface area contributed by atoms with Gasteiger partial charge in [-0.05, 0) is 37.5 Å². The van der Waals surface area contributed by atoms with Crippen LogP contribution in [0.5, 0.6) is 28.7 Å². The van der Waals surface area contributed by atoms with Crippen molar-refractivity contribution in [3.63, 3.8) is 0 Å². The largest absolute Gasteiger partial charge is 0.496 e. The molecule has 0 bridgehead atoms. The van der Waals surface area contributed by atoms with Crippen LogP contribution in [-0.2, 0) is 13.0 Å². The highest BCUT2D eigenvalue weighted by atomic mass is 127. The standard InChI is InChI=1S/C24H35N3O5.HI/c1-7-32-23-13-17(10-11-20(23)29-4)9-8-12-26-24(25-2)27-16-19-21(30-5)14-18(28-3)15-22(19)31-6;/h10-11,13-15H,7-9,12,16H2,1-6H3,(H2,25,26,27);1H. The number of guanidine groups is 1. The van der Waals surface area contributed by atoms with E-state index >= 15 is 0 Å². The van der Waals surface area contributed by atoms with Crippen LogP contribution in [0.1, 0.15) is 24.5 Å². The van der Waals surface area contributed by atoms with E-state index in [0.717, 1.165) is 36.4 Å². The van der Waals surface area contributed by atoms with Crippen molar-refractivity contribution in [3.8, 4) is 28.7 Å². The number of methoxy groups -OCH3 is 4. The Labute approximate surface area is 214 Å². The summed E-state index contributed by atoms with van der Waals surface area (Å²) < 4.78 is 27.3. The summed E-state index contributed by atoms with van der Waals surface area (Å²) in [6.45, 7) is 3.83. The lowest BCUT2D eigenvalue weighted by molar-refractivity contribution is 0.310. The van der Waals surface area contributed by atoms with Gasteiger partial charge >= 0.3 is 0 Å². The molecule has 0 unspecified atom stereocenters. The second-order valence-electron chi connectivity index (χ2n) is 6.88. The summed E-state index contributed by atoms with van der Waals surface area (Å²) >= 11 is 0. The molecule has 33 heavy (non-hydrogen) atoms. The molecule has 0 aromatic heterocycles. The molecule has 2 N–H and O–H groups in total. The van der Waals surface area contributed by atoms with Crippen molar-refractivity contribution < 1.29 is 23.7 Å². The van der Waals surface area contributed by atoms with Crippen molar-refractivity contribution in [1.82, 2.24) is 10.6 Å². The highest BCUT2D eigenvalue weighted by Crippen LogP contribution is 2.34. The third kappa shape index (κ3) is 8.38. The molecule has 0 atom stereocenters. The second-order valence-corrected chi connectivity index (χ2v) is 6.88. The Bertz CT molecular complexity index is 867. The number of halogens is 1. The Morgan fingerprint density at radius 3 is 2.06 bits per heavy atom. The van der Waals surface area contributed by atoms with Crippen LogP contribution < -0.4 is 34.3 Å². The molecule has 0 spiro atoms. The van der Waals surface area contributed by atoms with E-state index in [9.17, 15) is 0 Å². The van der Waals surface area contributed by atoms with E-state index in [1.807, 2.05) is 31.2 Å². The maximum atomic E-state index is 5.66. The van der Waals surface area contributed by atoms with Crippen molar-refractivity contribution >= 4 is 29.9 Å². The Morgan fingerprint density at radius 1 is 0.848 bits per heavy atom. The fraction of sp³-hybridized carbons (Fsp3) is 0.458. The first kappa shape index (κ1) is 28.5. The number of benzene rings is 2. The minimum Gasteiger partial charge on any atom is -0.496 e. The molecule has 184 valence electrons. The predicted octanol–water partition coefficient (Wildman–Crippen LogP) is 4.04. The Morgan fingerprint density at radius 2 is 1.52 bits per heavy atom. The number of aryl methyl sites for hydroxylation is 1. The monoisotopic (exact) mass is 573 g/mol. The fourth-order valence-electron chi connectivity index (χ4n) is 3.29. The molecule has 0 saturated carbocycles. The van der Waals surface area contributed by atoms with Gasteiger partial charge in [0.1, 0.15) is 17.2 Å². The van der Waals surface area contributed by atoms with E-state index < -0.39 is 0 Å². The first-order valence-electron chi connectivity index (χ1n) is 10.6.